The summed E-state index contributed by atoms with van der Waals surface area (Å²) < 4.78 is 9.31. The predicted octanol–water partition coefficient (Wildman–Crippen LogP) is 14.4. The van der Waals surface area contributed by atoms with Gasteiger partial charge in [0.05, 0.1) is 11.0 Å². The van der Waals surface area contributed by atoms with Gasteiger partial charge in [0, 0.05) is 49.5 Å². The minimum atomic E-state index is 0.630. The summed E-state index contributed by atoms with van der Waals surface area (Å²) in [6, 6.07) is 72.1. The molecule has 0 N–H and O–H groups in total. The van der Waals surface area contributed by atoms with Gasteiger partial charge in [-0.05, 0) is 63.9 Å². The van der Waals surface area contributed by atoms with E-state index in [4.69, 9.17) is 19.4 Å². The van der Waals surface area contributed by atoms with Crippen LogP contribution in [0.15, 0.2) is 211 Å². The van der Waals surface area contributed by atoms with E-state index in [1.807, 2.05) is 60.7 Å². The first kappa shape index (κ1) is 33.9. The van der Waals surface area contributed by atoms with Crippen LogP contribution in [0.2, 0.25) is 0 Å². The summed E-state index contributed by atoms with van der Waals surface area (Å²) in [6.45, 7) is 0. The Balaban J connectivity index is 1.03. The lowest BCUT2D eigenvalue weighted by atomic mass is 9.94. The fourth-order valence-corrected chi connectivity index (χ4v) is 8.88. The molecule has 60 heavy (non-hydrogen) atoms. The number of rotatable bonds is 6. The summed E-state index contributed by atoms with van der Waals surface area (Å²) in [5.41, 5.74) is 12.3. The number of para-hydroxylation sites is 2. The number of nitrogens with zero attached hydrogens (tertiary/aromatic N) is 4. The molecule has 0 aliphatic rings. The van der Waals surface area contributed by atoms with Gasteiger partial charge in [0.2, 0.25) is 0 Å². The summed E-state index contributed by atoms with van der Waals surface area (Å²) in [5.74, 6) is 1.91. The maximum absolute atomic E-state index is 6.93. The van der Waals surface area contributed by atoms with Crippen molar-refractivity contribution in [3.8, 4) is 62.1 Å². The van der Waals surface area contributed by atoms with Crippen molar-refractivity contribution in [3.63, 3.8) is 0 Å². The highest BCUT2D eigenvalue weighted by Gasteiger charge is 2.20. The Morgan fingerprint density at radius 1 is 0.317 bits per heavy atom. The van der Waals surface area contributed by atoms with Gasteiger partial charge in [-0.25, -0.2) is 15.0 Å². The number of aromatic nitrogens is 4. The monoisotopic (exact) mass is 766 g/mol. The van der Waals surface area contributed by atoms with Crippen LogP contribution in [0, 0.1) is 0 Å². The van der Waals surface area contributed by atoms with E-state index >= 15 is 0 Å². The molecule has 0 bridgehead atoms. The SMILES string of the molecule is c1ccc(-c2nc(-c3ccccc3)nc(-c3cccc4c(-c5ccc6c(c5)oc5c(-c7ccccc7)cc(-n7c8ccccc8c8ccccc87)cc56)cccc34)n2)cc1. The first-order valence-corrected chi connectivity index (χ1v) is 20.2. The van der Waals surface area contributed by atoms with Gasteiger partial charge < -0.3 is 8.98 Å². The Labute approximate surface area is 345 Å². The molecule has 3 aromatic heterocycles. The Morgan fingerprint density at radius 3 is 1.47 bits per heavy atom. The molecule has 0 amide bonds. The van der Waals surface area contributed by atoms with E-state index in [2.05, 4.69) is 150 Å². The van der Waals surface area contributed by atoms with Gasteiger partial charge in [0.15, 0.2) is 17.5 Å². The molecule has 5 heteroatoms. The molecule has 12 aromatic rings. The standard InChI is InChI=1S/C55H34N4O/c1-4-16-35(17-5-1)47-33-39(59-49-28-12-10-22-43(49)44-23-11-13-29-50(44)59)34-48-45-31-30-38(32-51(45)60-52(47)48)40-24-14-26-42-41(40)25-15-27-46(42)55-57-53(36-18-6-2-7-19-36)56-54(58-55)37-20-8-3-9-21-37/h1-34H. The zero-order chi connectivity index (χ0) is 39.6. The lowest BCUT2D eigenvalue weighted by Gasteiger charge is -2.12. The number of furan rings is 1. The molecule has 0 unspecified atom stereocenters. The van der Waals surface area contributed by atoms with Crippen molar-refractivity contribution < 1.29 is 4.42 Å². The van der Waals surface area contributed by atoms with Crippen LogP contribution in [0.4, 0.5) is 0 Å². The average Bonchev–Trinajstić information content (AvgIpc) is 3.87. The summed E-state index contributed by atoms with van der Waals surface area (Å²) in [6.07, 6.45) is 0. The minimum Gasteiger partial charge on any atom is -0.455 e. The van der Waals surface area contributed by atoms with Crippen LogP contribution >= 0.6 is 0 Å². The van der Waals surface area contributed by atoms with E-state index < -0.39 is 0 Å². The summed E-state index contributed by atoms with van der Waals surface area (Å²) in [5, 5.41) is 6.78. The second kappa shape index (κ2) is 13.8. The van der Waals surface area contributed by atoms with Gasteiger partial charge >= 0.3 is 0 Å². The van der Waals surface area contributed by atoms with Gasteiger partial charge in [0.1, 0.15) is 11.2 Å². The van der Waals surface area contributed by atoms with Crippen LogP contribution in [0.25, 0.3) is 117 Å². The molecule has 3 heterocycles. The third kappa shape index (κ3) is 5.52. The van der Waals surface area contributed by atoms with E-state index in [0.29, 0.717) is 17.5 Å². The van der Waals surface area contributed by atoms with E-state index in [1.165, 1.54) is 21.8 Å². The third-order valence-electron chi connectivity index (χ3n) is 11.7. The molecule has 0 aliphatic heterocycles. The minimum absolute atomic E-state index is 0.630. The van der Waals surface area contributed by atoms with Crippen LogP contribution in [-0.2, 0) is 0 Å². The fourth-order valence-electron chi connectivity index (χ4n) is 8.88. The Morgan fingerprint density at radius 2 is 0.833 bits per heavy atom. The van der Waals surface area contributed by atoms with Crippen LogP contribution in [0.1, 0.15) is 0 Å². The molecule has 5 nitrogen and oxygen atoms in total. The Kier molecular flexibility index (Phi) is 7.78. The van der Waals surface area contributed by atoms with Gasteiger partial charge in [-0.1, -0.05) is 170 Å². The van der Waals surface area contributed by atoms with Gasteiger partial charge in [-0.3, -0.25) is 0 Å². The first-order chi connectivity index (χ1) is 29.7. The number of hydrogen-bond donors (Lipinski definition) is 0. The lowest BCUT2D eigenvalue weighted by Crippen LogP contribution is -2.00. The van der Waals surface area contributed by atoms with Crippen LogP contribution in [0.3, 0.4) is 0 Å². The summed E-state index contributed by atoms with van der Waals surface area (Å²) in [4.78, 5) is 15.1. The summed E-state index contributed by atoms with van der Waals surface area (Å²) in [7, 11) is 0. The summed E-state index contributed by atoms with van der Waals surface area (Å²) >= 11 is 0. The van der Waals surface area contributed by atoms with Crippen molar-refractivity contribution in [1.29, 1.82) is 0 Å². The second-order valence-corrected chi connectivity index (χ2v) is 15.2. The molecule has 12 rings (SSSR count). The molecule has 0 saturated carbocycles. The molecule has 280 valence electrons. The van der Waals surface area contributed by atoms with Crippen molar-refractivity contribution in [2.45, 2.75) is 0 Å². The molecule has 0 radical (unpaired) electrons. The molecular formula is C55H34N4O. The van der Waals surface area contributed by atoms with E-state index in [0.717, 1.165) is 77.3 Å². The van der Waals surface area contributed by atoms with Gasteiger partial charge in [-0.15, -0.1) is 0 Å². The van der Waals surface area contributed by atoms with Crippen molar-refractivity contribution in [1.82, 2.24) is 19.5 Å². The fraction of sp³-hybridized carbons (Fsp3) is 0. The Hall–Kier alpha value is -8.15. The molecule has 0 atom stereocenters. The van der Waals surface area contributed by atoms with Crippen LogP contribution in [0.5, 0.6) is 0 Å². The molecule has 0 aliphatic carbocycles. The predicted molar refractivity (Wildman–Crippen MR) is 246 cm³/mol. The smallest absolute Gasteiger partial charge is 0.164 e. The van der Waals surface area contributed by atoms with Gasteiger partial charge in [0.25, 0.3) is 0 Å². The molecule has 0 spiro atoms. The zero-order valence-electron chi connectivity index (χ0n) is 32.3. The van der Waals surface area contributed by atoms with E-state index in [1.54, 1.807) is 0 Å². The van der Waals surface area contributed by atoms with Crippen molar-refractivity contribution >= 4 is 54.5 Å². The zero-order valence-corrected chi connectivity index (χ0v) is 32.3. The highest BCUT2D eigenvalue weighted by atomic mass is 16.3. The number of fused-ring (bicyclic) bond motifs is 7. The van der Waals surface area contributed by atoms with Crippen LogP contribution in [-0.4, -0.2) is 19.5 Å². The van der Waals surface area contributed by atoms with Gasteiger partial charge in [-0.2, -0.15) is 0 Å². The number of benzene rings is 9. The highest BCUT2D eigenvalue weighted by Crippen LogP contribution is 2.42. The average molecular weight is 767 g/mol. The lowest BCUT2D eigenvalue weighted by molar-refractivity contribution is 0.670. The molecular weight excluding hydrogens is 733 g/mol. The maximum Gasteiger partial charge on any atom is 0.164 e. The van der Waals surface area contributed by atoms with E-state index in [9.17, 15) is 0 Å². The molecule has 0 fully saturated rings. The van der Waals surface area contributed by atoms with Crippen molar-refractivity contribution in [2.24, 2.45) is 0 Å². The topological polar surface area (TPSA) is 56.7 Å². The largest absolute Gasteiger partial charge is 0.455 e. The third-order valence-corrected chi connectivity index (χ3v) is 11.7. The van der Waals surface area contributed by atoms with Crippen molar-refractivity contribution in [3.05, 3.63) is 206 Å². The molecule has 9 aromatic carbocycles. The number of hydrogen-bond acceptors (Lipinski definition) is 4. The molecule has 0 saturated heterocycles. The normalized spacial score (nSPS) is 11.7. The van der Waals surface area contributed by atoms with Crippen molar-refractivity contribution in [2.75, 3.05) is 0 Å². The quantitative estimate of drug-likeness (QED) is 0.169. The second-order valence-electron chi connectivity index (χ2n) is 15.2. The van der Waals surface area contributed by atoms with E-state index in [-0.39, 0.29) is 0 Å². The highest BCUT2D eigenvalue weighted by molar-refractivity contribution is 6.14. The maximum atomic E-state index is 6.93. The Bertz CT molecular complexity index is 3480. The van der Waals surface area contributed by atoms with Crippen LogP contribution < -0.4 is 0 Å². The first-order valence-electron chi connectivity index (χ1n) is 20.2.